The molecule has 1 atom stereocenters. The number of aryl methyl sites for hydroxylation is 1. The molecule has 2 aromatic carbocycles. The number of amides is 2. The molecule has 1 aromatic heterocycles. The van der Waals surface area contributed by atoms with Gasteiger partial charge in [0.25, 0.3) is 0 Å². The summed E-state index contributed by atoms with van der Waals surface area (Å²) in [6.07, 6.45) is -1.07. The van der Waals surface area contributed by atoms with Crippen LogP contribution in [0.2, 0.25) is 0 Å². The zero-order valence-electron chi connectivity index (χ0n) is 28.6. The summed E-state index contributed by atoms with van der Waals surface area (Å²) >= 11 is 0. The molecule has 1 aliphatic heterocycles. The molecule has 1 fully saturated rings. The summed E-state index contributed by atoms with van der Waals surface area (Å²) in [5.74, 6) is 1.86. The first-order chi connectivity index (χ1) is 22.5. The smallest absolute Gasteiger partial charge is 0.416 e. The molecule has 2 amide bonds. The van der Waals surface area contributed by atoms with Crippen LogP contribution < -0.4 is 21.1 Å². The number of halogens is 3. The lowest BCUT2D eigenvalue weighted by Gasteiger charge is -2.32. The topological polar surface area (TPSA) is 132 Å². The second-order valence-electron chi connectivity index (χ2n) is 13.4. The molecule has 0 spiro atoms. The summed E-state index contributed by atoms with van der Waals surface area (Å²) in [5, 5.41) is 6.80. The lowest BCUT2D eigenvalue weighted by Crippen LogP contribution is -2.36. The van der Waals surface area contributed by atoms with Gasteiger partial charge in [0.1, 0.15) is 23.0 Å². The van der Waals surface area contributed by atoms with Crippen LogP contribution in [-0.2, 0) is 15.7 Å². The maximum Gasteiger partial charge on any atom is 0.416 e. The van der Waals surface area contributed by atoms with Crippen molar-refractivity contribution < 1.29 is 32.2 Å². The van der Waals surface area contributed by atoms with Gasteiger partial charge < -0.3 is 30.7 Å². The van der Waals surface area contributed by atoms with E-state index >= 15 is 0 Å². The molecule has 0 bridgehead atoms. The number of piperidine rings is 1. The third-order valence-electron chi connectivity index (χ3n) is 8.22. The normalized spacial score (nSPS) is 14.9. The third kappa shape index (κ3) is 10.1. The Bertz CT molecular complexity index is 1600. The Morgan fingerprint density at radius 3 is 2.40 bits per heavy atom. The lowest BCUT2D eigenvalue weighted by atomic mass is 9.88. The highest BCUT2D eigenvalue weighted by atomic mass is 19.4. The number of hydrogen-bond donors (Lipinski definition) is 3. The minimum absolute atomic E-state index is 0.0254. The molecule has 10 nitrogen and oxygen atoms in total. The van der Waals surface area contributed by atoms with E-state index in [0.29, 0.717) is 54.7 Å². The van der Waals surface area contributed by atoms with Crippen LogP contribution in [0.1, 0.15) is 101 Å². The fraction of sp³-hybridized carbons (Fsp3) is 0.543. The molecule has 0 aliphatic carbocycles. The van der Waals surface area contributed by atoms with Gasteiger partial charge in [-0.25, -0.2) is 14.8 Å². The van der Waals surface area contributed by atoms with Crippen LogP contribution in [0.25, 0.3) is 10.9 Å². The summed E-state index contributed by atoms with van der Waals surface area (Å²) < 4.78 is 52.2. The average molecular weight is 673 g/mol. The van der Waals surface area contributed by atoms with Crippen molar-refractivity contribution in [2.75, 3.05) is 37.3 Å². The molecule has 2 heterocycles. The van der Waals surface area contributed by atoms with Crippen molar-refractivity contribution in [1.29, 1.82) is 0 Å². The number of rotatable bonds is 11. The fourth-order valence-electron chi connectivity index (χ4n) is 5.82. The number of aromatic nitrogens is 2. The van der Waals surface area contributed by atoms with Crippen molar-refractivity contribution >= 4 is 34.4 Å². The highest BCUT2D eigenvalue weighted by molar-refractivity contribution is 5.91. The lowest BCUT2D eigenvalue weighted by molar-refractivity contribution is -0.137. The van der Waals surface area contributed by atoms with Crippen molar-refractivity contribution in [3.63, 3.8) is 0 Å². The highest BCUT2D eigenvalue weighted by Crippen LogP contribution is 2.39. The Kier molecular flexibility index (Phi) is 11.6. The van der Waals surface area contributed by atoms with Gasteiger partial charge in [0.05, 0.1) is 23.7 Å². The summed E-state index contributed by atoms with van der Waals surface area (Å²) in [6, 6.07) is 6.91. The first-order valence-corrected chi connectivity index (χ1v) is 16.4. The monoisotopic (exact) mass is 672 g/mol. The molecule has 262 valence electrons. The molecule has 1 aliphatic rings. The number of nitrogen functional groups attached to an aromatic ring is 1. The molecule has 48 heavy (non-hydrogen) atoms. The van der Waals surface area contributed by atoms with Gasteiger partial charge in [-0.1, -0.05) is 0 Å². The molecule has 1 saturated heterocycles. The van der Waals surface area contributed by atoms with E-state index in [9.17, 15) is 22.8 Å². The molecule has 0 unspecified atom stereocenters. The van der Waals surface area contributed by atoms with E-state index in [4.69, 9.17) is 15.2 Å². The van der Waals surface area contributed by atoms with Gasteiger partial charge in [0.15, 0.2) is 0 Å². The first-order valence-electron chi connectivity index (χ1n) is 16.4. The van der Waals surface area contributed by atoms with E-state index in [0.717, 1.165) is 55.2 Å². The van der Waals surface area contributed by atoms with Gasteiger partial charge in [-0.3, -0.25) is 4.79 Å². The molecule has 4 rings (SSSR count). The SMILES string of the molecule is CC(=O)N1CCC(c2cc3c(N[C@H](C)c4cc(N)cc(C(F)(F)F)c4)nc(C)nc3cc2OCCCCCNC(=O)OC(C)(C)C)CC1. The number of nitrogens with zero attached hydrogens (tertiary/aromatic N) is 3. The van der Waals surface area contributed by atoms with Crippen molar-refractivity contribution in [1.82, 2.24) is 20.2 Å². The van der Waals surface area contributed by atoms with E-state index in [-0.39, 0.29) is 17.5 Å². The maximum absolute atomic E-state index is 13.5. The standard InChI is InChI=1S/C35H47F3N6O4/c1-21(25-16-26(35(36,37)38)18-27(39)17-25)41-32-29-19-28(24-10-13-44(14-11-24)23(3)45)31(20-30(29)42-22(2)43-32)47-15-9-7-8-12-40-33(46)48-34(4,5)6/h16-21,24H,7-15,39H2,1-6H3,(H,40,46)(H,41,42,43)/t21-/m1/s1. The Labute approximate surface area is 280 Å². The minimum atomic E-state index is -4.53. The van der Waals surface area contributed by atoms with Gasteiger partial charge in [0, 0.05) is 43.7 Å². The predicted molar refractivity (Wildman–Crippen MR) is 180 cm³/mol. The summed E-state index contributed by atoms with van der Waals surface area (Å²) in [6.45, 7) is 12.8. The summed E-state index contributed by atoms with van der Waals surface area (Å²) in [7, 11) is 0. The van der Waals surface area contributed by atoms with E-state index in [1.807, 2.05) is 37.8 Å². The van der Waals surface area contributed by atoms with E-state index in [1.54, 1.807) is 20.8 Å². The number of benzene rings is 2. The maximum atomic E-state index is 13.5. The van der Waals surface area contributed by atoms with Gasteiger partial charge >= 0.3 is 12.3 Å². The number of alkyl carbamates (subject to hydrolysis) is 1. The summed E-state index contributed by atoms with van der Waals surface area (Å²) in [4.78, 5) is 35.0. The van der Waals surface area contributed by atoms with Crippen LogP contribution in [0.4, 0.5) is 29.5 Å². The quantitative estimate of drug-likeness (QED) is 0.141. The Hall–Kier alpha value is -4.29. The zero-order valence-corrected chi connectivity index (χ0v) is 28.6. The first kappa shape index (κ1) is 36.5. The number of nitrogens with two attached hydrogens (primary N) is 1. The van der Waals surface area contributed by atoms with Crippen molar-refractivity contribution in [3.05, 3.63) is 52.8 Å². The zero-order chi connectivity index (χ0) is 35.2. The van der Waals surface area contributed by atoms with Crippen LogP contribution in [0, 0.1) is 6.92 Å². The number of carbonyl (C=O) groups excluding carboxylic acids is 2. The van der Waals surface area contributed by atoms with Crippen molar-refractivity contribution in [2.45, 2.75) is 97.4 Å². The number of alkyl halides is 3. The number of unbranched alkanes of at least 4 members (excludes halogenated alkanes) is 2. The number of anilines is 2. The van der Waals surface area contributed by atoms with Crippen LogP contribution >= 0.6 is 0 Å². The van der Waals surface area contributed by atoms with Crippen LogP contribution in [0.3, 0.4) is 0 Å². The average Bonchev–Trinajstić information content (AvgIpc) is 2.98. The highest BCUT2D eigenvalue weighted by Gasteiger charge is 2.32. The van der Waals surface area contributed by atoms with Crippen molar-refractivity contribution in [2.24, 2.45) is 0 Å². The molecular formula is C35H47F3N6O4. The van der Waals surface area contributed by atoms with Crippen LogP contribution in [0.5, 0.6) is 5.75 Å². The largest absolute Gasteiger partial charge is 0.493 e. The van der Waals surface area contributed by atoms with Crippen LogP contribution in [0.15, 0.2) is 30.3 Å². The Morgan fingerprint density at radius 1 is 1.04 bits per heavy atom. The third-order valence-corrected chi connectivity index (χ3v) is 8.22. The number of carbonyl (C=O) groups is 2. The fourth-order valence-corrected chi connectivity index (χ4v) is 5.82. The van der Waals surface area contributed by atoms with Gasteiger partial charge in [-0.05, 0) is 108 Å². The Balaban J connectivity index is 1.55. The number of likely N-dealkylation sites (tertiary alicyclic amines) is 1. The van der Waals surface area contributed by atoms with E-state index < -0.39 is 29.5 Å². The predicted octanol–water partition coefficient (Wildman–Crippen LogP) is 7.51. The van der Waals surface area contributed by atoms with Gasteiger partial charge in [0.2, 0.25) is 5.91 Å². The second-order valence-corrected chi connectivity index (χ2v) is 13.4. The number of hydrogen-bond acceptors (Lipinski definition) is 8. The Morgan fingerprint density at radius 2 is 1.75 bits per heavy atom. The molecule has 13 heteroatoms. The molecule has 0 saturated carbocycles. The number of fused-ring (bicyclic) bond motifs is 1. The molecule has 3 aromatic rings. The van der Waals surface area contributed by atoms with Gasteiger partial charge in [-0.2, -0.15) is 13.2 Å². The van der Waals surface area contributed by atoms with Crippen molar-refractivity contribution in [3.8, 4) is 5.75 Å². The second kappa shape index (κ2) is 15.3. The molecule has 4 N–H and O–H groups in total. The molecular weight excluding hydrogens is 625 g/mol. The van der Waals surface area contributed by atoms with Crippen LogP contribution in [-0.4, -0.2) is 58.7 Å². The number of nitrogens with one attached hydrogen (secondary N) is 2. The molecule has 0 radical (unpaired) electrons. The van der Waals surface area contributed by atoms with Gasteiger partial charge in [-0.15, -0.1) is 0 Å². The summed E-state index contributed by atoms with van der Waals surface area (Å²) in [5.41, 5.74) is 6.51. The minimum Gasteiger partial charge on any atom is -0.493 e. The van der Waals surface area contributed by atoms with E-state index in [1.165, 1.54) is 6.07 Å². The van der Waals surface area contributed by atoms with E-state index in [2.05, 4.69) is 20.6 Å². The number of ether oxygens (including phenoxy) is 2.